The summed E-state index contributed by atoms with van der Waals surface area (Å²) in [7, 11) is -2.05. The SMILES string of the molecule is COc1ccc(N2C(=S)N[C@H](c3ccccn3)[C@@H]2c2cccn2-c2ccc3ccccc3c2)cc1NS(C)(=O)=O. The molecule has 40 heavy (non-hydrogen) atoms. The number of methoxy groups -OCH3 is 1. The molecule has 5 aromatic rings. The minimum absolute atomic E-state index is 0.267. The zero-order valence-corrected chi connectivity index (χ0v) is 23.5. The van der Waals surface area contributed by atoms with Gasteiger partial charge in [0.25, 0.3) is 0 Å². The Balaban J connectivity index is 1.51. The number of hydrogen-bond donors (Lipinski definition) is 2. The van der Waals surface area contributed by atoms with Crippen molar-refractivity contribution in [3.8, 4) is 11.4 Å². The zero-order chi connectivity index (χ0) is 27.9. The zero-order valence-electron chi connectivity index (χ0n) is 21.9. The van der Waals surface area contributed by atoms with Gasteiger partial charge in [-0.3, -0.25) is 9.71 Å². The summed E-state index contributed by atoms with van der Waals surface area (Å²) < 4.78 is 34.4. The van der Waals surface area contributed by atoms with E-state index >= 15 is 0 Å². The standard InChI is InChI=1S/C30H27N5O3S2/c1-38-27-15-14-23(19-25(27)33-40(2,36)37)35-29(28(32-30(35)39)24-10-5-6-16-31-24)26-11-7-17-34(26)22-13-12-20-8-3-4-9-21(20)18-22/h3-19,28-29,33H,1-2H3,(H,32,39)/t28-,29+/m1/s1. The Morgan fingerprint density at radius 2 is 1.70 bits per heavy atom. The van der Waals surface area contributed by atoms with Gasteiger partial charge in [0.05, 0.1) is 30.8 Å². The second-order valence-electron chi connectivity index (χ2n) is 9.59. The lowest BCUT2D eigenvalue weighted by molar-refractivity contribution is 0.417. The highest BCUT2D eigenvalue weighted by Gasteiger charge is 2.42. The summed E-state index contributed by atoms with van der Waals surface area (Å²) in [6, 6.07) is 29.3. The van der Waals surface area contributed by atoms with Crippen LogP contribution in [0.25, 0.3) is 16.5 Å². The van der Waals surface area contributed by atoms with Crippen LogP contribution in [-0.4, -0.2) is 36.4 Å². The van der Waals surface area contributed by atoms with E-state index in [0.29, 0.717) is 22.2 Å². The number of benzene rings is 3. The minimum atomic E-state index is -3.55. The Hall–Kier alpha value is -4.41. The Bertz CT molecular complexity index is 1820. The molecule has 3 heterocycles. The van der Waals surface area contributed by atoms with Gasteiger partial charge in [-0.2, -0.15) is 0 Å². The van der Waals surface area contributed by atoms with Crippen molar-refractivity contribution in [1.29, 1.82) is 0 Å². The third-order valence-corrected chi connectivity index (χ3v) is 7.85. The van der Waals surface area contributed by atoms with Crippen LogP contribution in [0.3, 0.4) is 0 Å². The normalized spacial score (nSPS) is 17.1. The van der Waals surface area contributed by atoms with Crippen LogP contribution in [0, 0.1) is 0 Å². The molecule has 0 spiro atoms. The summed E-state index contributed by atoms with van der Waals surface area (Å²) in [5, 5.41) is 6.29. The van der Waals surface area contributed by atoms with Crippen molar-refractivity contribution in [2.24, 2.45) is 0 Å². The van der Waals surface area contributed by atoms with E-state index in [1.807, 2.05) is 53.6 Å². The van der Waals surface area contributed by atoms with Crippen molar-refractivity contribution < 1.29 is 13.2 Å². The van der Waals surface area contributed by atoms with Gasteiger partial charge in [-0.25, -0.2) is 8.42 Å². The quantitative estimate of drug-likeness (QED) is 0.247. The lowest BCUT2D eigenvalue weighted by Gasteiger charge is -2.29. The van der Waals surface area contributed by atoms with Crippen LogP contribution in [0.15, 0.2) is 103 Å². The molecule has 202 valence electrons. The molecule has 0 bridgehead atoms. The molecule has 3 aromatic carbocycles. The van der Waals surface area contributed by atoms with Crippen LogP contribution < -0.4 is 19.7 Å². The lowest BCUT2D eigenvalue weighted by Crippen LogP contribution is -2.30. The van der Waals surface area contributed by atoms with Gasteiger partial charge in [0.15, 0.2) is 5.11 Å². The highest BCUT2D eigenvalue weighted by molar-refractivity contribution is 7.92. The third-order valence-electron chi connectivity index (χ3n) is 6.95. The minimum Gasteiger partial charge on any atom is -0.495 e. The molecule has 1 aliphatic heterocycles. The first kappa shape index (κ1) is 25.8. The Morgan fingerprint density at radius 3 is 2.45 bits per heavy atom. The molecular weight excluding hydrogens is 542 g/mol. The highest BCUT2D eigenvalue weighted by atomic mass is 32.2. The van der Waals surface area contributed by atoms with E-state index in [1.54, 1.807) is 18.3 Å². The van der Waals surface area contributed by atoms with E-state index < -0.39 is 10.0 Å². The van der Waals surface area contributed by atoms with Crippen LogP contribution in [-0.2, 0) is 10.0 Å². The van der Waals surface area contributed by atoms with E-state index in [0.717, 1.165) is 28.7 Å². The number of rotatable bonds is 7. The van der Waals surface area contributed by atoms with E-state index in [2.05, 4.69) is 56.0 Å². The van der Waals surface area contributed by atoms with Crippen molar-refractivity contribution in [1.82, 2.24) is 14.9 Å². The van der Waals surface area contributed by atoms with Crippen molar-refractivity contribution in [3.05, 3.63) is 115 Å². The largest absolute Gasteiger partial charge is 0.495 e. The summed E-state index contributed by atoms with van der Waals surface area (Å²) in [5.41, 5.74) is 3.89. The van der Waals surface area contributed by atoms with Crippen LogP contribution in [0.2, 0.25) is 0 Å². The van der Waals surface area contributed by atoms with Crippen molar-refractivity contribution in [2.75, 3.05) is 23.0 Å². The fourth-order valence-electron chi connectivity index (χ4n) is 5.26. The summed E-state index contributed by atoms with van der Waals surface area (Å²) in [4.78, 5) is 6.66. The van der Waals surface area contributed by atoms with Gasteiger partial charge in [-0.15, -0.1) is 0 Å². The Kier molecular flexibility index (Phi) is 6.65. The summed E-state index contributed by atoms with van der Waals surface area (Å²) in [5.74, 6) is 0.407. The Morgan fingerprint density at radius 1 is 0.925 bits per heavy atom. The number of fused-ring (bicyclic) bond motifs is 1. The van der Waals surface area contributed by atoms with Crippen LogP contribution in [0.1, 0.15) is 23.5 Å². The van der Waals surface area contributed by atoms with E-state index in [9.17, 15) is 8.42 Å². The van der Waals surface area contributed by atoms with E-state index in [1.165, 1.54) is 12.5 Å². The molecule has 0 saturated carbocycles. The molecule has 0 unspecified atom stereocenters. The first-order valence-corrected chi connectivity index (χ1v) is 15.0. The summed E-state index contributed by atoms with van der Waals surface area (Å²) >= 11 is 5.90. The van der Waals surface area contributed by atoms with Gasteiger partial charge in [-0.1, -0.05) is 36.4 Å². The van der Waals surface area contributed by atoms with Crippen LogP contribution >= 0.6 is 12.2 Å². The first-order valence-electron chi connectivity index (χ1n) is 12.7. The Labute approximate surface area is 238 Å². The smallest absolute Gasteiger partial charge is 0.229 e. The van der Waals surface area contributed by atoms with E-state index in [-0.39, 0.29) is 12.1 Å². The summed E-state index contributed by atoms with van der Waals surface area (Å²) in [6.45, 7) is 0. The average Bonchev–Trinajstić information content (AvgIpc) is 3.56. The molecular formula is C30H27N5O3S2. The van der Waals surface area contributed by atoms with Crippen molar-refractivity contribution in [2.45, 2.75) is 12.1 Å². The highest BCUT2D eigenvalue weighted by Crippen LogP contribution is 2.44. The maximum absolute atomic E-state index is 12.1. The van der Waals surface area contributed by atoms with Gasteiger partial charge in [0.1, 0.15) is 11.8 Å². The molecule has 0 radical (unpaired) electrons. The lowest BCUT2D eigenvalue weighted by atomic mass is 10.0. The maximum Gasteiger partial charge on any atom is 0.229 e. The second kappa shape index (κ2) is 10.3. The number of pyridine rings is 1. The average molecular weight is 570 g/mol. The van der Waals surface area contributed by atoms with Gasteiger partial charge in [0, 0.05) is 29.5 Å². The predicted octanol–water partition coefficient (Wildman–Crippen LogP) is 5.58. The predicted molar refractivity (Wildman–Crippen MR) is 163 cm³/mol. The molecule has 6 rings (SSSR count). The molecule has 2 aromatic heterocycles. The first-order chi connectivity index (χ1) is 19.3. The van der Waals surface area contributed by atoms with Gasteiger partial charge < -0.3 is 19.5 Å². The fourth-order valence-corrected chi connectivity index (χ4v) is 6.16. The summed E-state index contributed by atoms with van der Waals surface area (Å²) in [6.07, 6.45) is 4.92. The number of sulfonamides is 1. The van der Waals surface area contributed by atoms with Gasteiger partial charge in [-0.05, 0) is 77.6 Å². The van der Waals surface area contributed by atoms with Crippen molar-refractivity contribution in [3.63, 3.8) is 0 Å². The number of thiocarbonyl (C=S) groups is 1. The number of nitrogens with zero attached hydrogens (tertiary/aromatic N) is 3. The molecule has 0 amide bonds. The molecule has 8 nitrogen and oxygen atoms in total. The number of anilines is 2. The van der Waals surface area contributed by atoms with Crippen molar-refractivity contribution >= 4 is 49.5 Å². The molecule has 0 aliphatic carbocycles. The molecule has 1 fully saturated rings. The van der Waals surface area contributed by atoms with Gasteiger partial charge in [0.2, 0.25) is 10.0 Å². The molecule has 1 aliphatic rings. The maximum atomic E-state index is 12.1. The third kappa shape index (κ3) is 4.87. The van der Waals surface area contributed by atoms with Gasteiger partial charge >= 0.3 is 0 Å². The van der Waals surface area contributed by atoms with Crippen LogP contribution in [0.5, 0.6) is 5.75 Å². The number of aromatic nitrogens is 2. The number of nitrogens with one attached hydrogen (secondary N) is 2. The second-order valence-corrected chi connectivity index (χ2v) is 11.7. The number of hydrogen-bond acceptors (Lipinski definition) is 5. The van der Waals surface area contributed by atoms with E-state index in [4.69, 9.17) is 17.0 Å². The molecule has 2 N–H and O–H groups in total. The topological polar surface area (TPSA) is 88.5 Å². The molecule has 10 heteroatoms. The molecule has 1 saturated heterocycles. The number of ether oxygens (including phenoxy) is 1. The monoisotopic (exact) mass is 569 g/mol. The van der Waals surface area contributed by atoms with Crippen LogP contribution in [0.4, 0.5) is 11.4 Å². The fraction of sp³-hybridized carbons (Fsp3) is 0.133. The molecule has 2 atom stereocenters.